The van der Waals surface area contributed by atoms with Gasteiger partial charge in [0.15, 0.2) is 0 Å². The lowest BCUT2D eigenvalue weighted by Gasteiger charge is -2.07. The quantitative estimate of drug-likeness (QED) is 0.858. The van der Waals surface area contributed by atoms with Crippen LogP contribution in [-0.2, 0) is 11.3 Å². The van der Waals surface area contributed by atoms with Crippen LogP contribution >= 0.6 is 0 Å². The number of ether oxygens (including phenoxy) is 1. The second kappa shape index (κ2) is 6.95. The number of carbonyl (C=O) groups excluding carboxylic acids is 1. The van der Waals surface area contributed by atoms with Gasteiger partial charge in [0.25, 0.3) is 0 Å². The molecule has 0 saturated carbocycles. The molecule has 112 valence electrons. The molecule has 0 fully saturated rings. The van der Waals surface area contributed by atoms with Gasteiger partial charge in [0.1, 0.15) is 12.3 Å². The lowest BCUT2D eigenvalue weighted by Crippen LogP contribution is -2.17. The van der Waals surface area contributed by atoms with Crippen molar-refractivity contribution in [2.45, 2.75) is 26.0 Å². The number of aromatic nitrogens is 1. The molecule has 5 nitrogen and oxygen atoms in total. The van der Waals surface area contributed by atoms with E-state index in [2.05, 4.69) is 5.32 Å². The van der Waals surface area contributed by atoms with Crippen LogP contribution in [0.5, 0.6) is 5.75 Å². The number of anilines is 1. The molecular formula is C16H20N2O3. The summed E-state index contributed by atoms with van der Waals surface area (Å²) in [6.07, 6.45) is 3.77. The zero-order valence-corrected chi connectivity index (χ0v) is 12.2. The number of benzene rings is 1. The summed E-state index contributed by atoms with van der Waals surface area (Å²) in [5.41, 5.74) is 1.55. The fraction of sp³-hybridized carbons (Fsp3) is 0.312. The van der Waals surface area contributed by atoms with Crippen molar-refractivity contribution < 1.29 is 14.6 Å². The molecule has 0 spiro atoms. The van der Waals surface area contributed by atoms with Gasteiger partial charge in [0.2, 0.25) is 5.91 Å². The summed E-state index contributed by atoms with van der Waals surface area (Å²) in [5.74, 6) is 0.630. The Kier molecular flexibility index (Phi) is 5.00. The first-order chi connectivity index (χ1) is 10.1. The second-order valence-corrected chi connectivity index (χ2v) is 4.82. The van der Waals surface area contributed by atoms with Gasteiger partial charge in [-0.25, -0.2) is 0 Å². The van der Waals surface area contributed by atoms with Crippen LogP contribution in [0, 0.1) is 0 Å². The van der Waals surface area contributed by atoms with Crippen LogP contribution in [0.2, 0.25) is 0 Å². The highest BCUT2D eigenvalue weighted by Crippen LogP contribution is 2.17. The maximum atomic E-state index is 12.0. The van der Waals surface area contributed by atoms with Gasteiger partial charge in [-0.15, -0.1) is 0 Å². The Morgan fingerprint density at radius 1 is 1.33 bits per heavy atom. The maximum Gasteiger partial charge on any atom is 0.244 e. The minimum absolute atomic E-state index is 0.117. The molecule has 1 unspecified atom stereocenters. The normalized spacial score (nSPS) is 12.0. The summed E-state index contributed by atoms with van der Waals surface area (Å²) in [7, 11) is 1.60. The molecule has 21 heavy (non-hydrogen) atoms. The Bertz CT molecular complexity index is 590. The van der Waals surface area contributed by atoms with Gasteiger partial charge < -0.3 is 19.7 Å². The van der Waals surface area contributed by atoms with E-state index >= 15 is 0 Å². The molecule has 0 bridgehead atoms. The van der Waals surface area contributed by atoms with E-state index in [0.29, 0.717) is 6.42 Å². The van der Waals surface area contributed by atoms with Crippen molar-refractivity contribution in [1.29, 1.82) is 0 Å². The van der Waals surface area contributed by atoms with Gasteiger partial charge in [-0.3, -0.25) is 4.79 Å². The fourth-order valence-corrected chi connectivity index (χ4v) is 2.03. The highest BCUT2D eigenvalue weighted by molar-refractivity contribution is 5.90. The minimum atomic E-state index is -0.476. The van der Waals surface area contributed by atoms with Crippen LogP contribution in [0.4, 0.5) is 5.69 Å². The number of carbonyl (C=O) groups is 1. The van der Waals surface area contributed by atoms with Gasteiger partial charge in [0, 0.05) is 18.1 Å². The van der Waals surface area contributed by atoms with Crippen molar-refractivity contribution in [2.75, 3.05) is 12.4 Å². The van der Waals surface area contributed by atoms with E-state index in [9.17, 15) is 9.90 Å². The highest BCUT2D eigenvalue weighted by atomic mass is 16.5. The maximum absolute atomic E-state index is 12.0. The lowest BCUT2D eigenvalue weighted by atomic mass is 10.1. The molecule has 0 aliphatic heterocycles. The number of aliphatic hydroxyl groups is 1. The van der Waals surface area contributed by atoms with Crippen LogP contribution in [0.3, 0.4) is 0 Å². The summed E-state index contributed by atoms with van der Waals surface area (Å²) in [6, 6.07) is 8.99. The number of nitrogens with zero attached hydrogens (tertiary/aromatic N) is 1. The third kappa shape index (κ3) is 4.10. The van der Waals surface area contributed by atoms with E-state index in [-0.39, 0.29) is 12.5 Å². The van der Waals surface area contributed by atoms with E-state index in [0.717, 1.165) is 17.0 Å². The van der Waals surface area contributed by atoms with Crippen LogP contribution < -0.4 is 10.1 Å². The smallest absolute Gasteiger partial charge is 0.244 e. The number of rotatable bonds is 6. The van der Waals surface area contributed by atoms with E-state index in [1.165, 1.54) is 0 Å². The average molecular weight is 288 g/mol. The monoisotopic (exact) mass is 288 g/mol. The predicted octanol–water partition coefficient (Wildman–Crippen LogP) is 2.58. The first-order valence-electron chi connectivity index (χ1n) is 6.90. The first kappa shape index (κ1) is 15.1. The Hall–Kier alpha value is -2.27. The average Bonchev–Trinajstić information content (AvgIpc) is 2.95. The summed E-state index contributed by atoms with van der Waals surface area (Å²) in [4.78, 5) is 12.0. The number of hydrogen-bond acceptors (Lipinski definition) is 3. The molecule has 1 atom stereocenters. The molecule has 1 heterocycles. The van der Waals surface area contributed by atoms with Gasteiger partial charge in [-0.2, -0.15) is 0 Å². The topological polar surface area (TPSA) is 63.5 Å². The van der Waals surface area contributed by atoms with Gasteiger partial charge in [0.05, 0.1) is 13.2 Å². The molecule has 0 saturated heterocycles. The zero-order chi connectivity index (χ0) is 15.2. The van der Waals surface area contributed by atoms with Crippen molar-refractivity contribution in [3.63, 3.8) is 0 Å². The van der Waals surface area contributed by atoms with E-state index in [1.807, 2.05) is 13.0 Å². The lowest BCUT2D eigenvalue weighted by molar-refractivity contribution is -0.116. The molecule has 0 aliphatic rings. The number of methoxy groups -OCH3 is 1. The summed E-state index contributed by atoms with van der Waals surface area (Å²) in [5, 5.41) is 12.6. The van der Waals surface area contributed by atoms with E-state index < -0.39 is 6.10 Å². The fourth-order valence-electron chi connectivity index (χ4n) is 2.03. The molecule has 1 aromatic carbocycles. The second-order valence-electron chi connectivity index (χ2n) is 4.82. The SMILES string of the molecule is CCC(O)c1ccn(CC(=O)Nc2ccc(OC)cc2)c1. The summed E-state index contributed by atoms with van der Waals surface area (Å²) in [6.45, 7) is 2.13. The van der Waals surface area contributed by atoms with Crippen molar-refractivity contribution >= 4 is 11.6 Å². The number of amides is 1. The van der Waals surface area contributed by atoms with Crippen molar-refractivity contribution in [3.05, 3.63) is 48.3 Å². The molecule has 1 amide bonds. The summed E-state index contributed by atoms with van der Waals surface area (Å²) < 4.78 is 6.82. The number of hydrogen-bond donors (Lipinski definition) is 2. The van der Waals surface area contributed by atoms with Crippen molar-refractivity contribution in [1.82, 2.24) is 4.57 Å². The largest absolute Gasteiger partial charge is 0.497 e. The predicted molar refractivity (Wildman–Crippen MR) is 81.3 cm³/mol. The molecule has 2 N–H and O–H groups in total. The molecule has 1 aromatic heterocycles. The Morgan fingerprint density at radius 2 is 2.05 bits per heavy atom. The molecule has 5 heteroatoms. The van der Waals surface area contributed by atoms with E-state index in [4.69, 9.17) is 4.74 Å². The molecule has 0 radical (unpaired) electrons. The van der Waals surface area contributed by atoms with Crippen LogP contribution in [0.15, 0.2) is 42.7 Å². The van der Waals surface area contributed by atoms with Crippen LogP contribution in [-0.4, -0.2) is 22.7 Å². The van der Waals surface area contributed by atoms with Crippen LogP contribution in [0.25, 0.3) is 0 Å². The molecule has 2 aromatic rings. The first-order valence-corrected chi connectivity index (χ1v) is 6.90. The highest BCUT2D eigenvalue weighted by Gasteiger charge is 2.08. The van der Waals surface area contributed by atoms with Crippen molar-refractivity contribution in [2.24, 2.45) is 0 Å². The Morgan fingerprint density at radius 3 is 2.67 bits per heavy atom. The Labute approximate surface area is 124 Å². The van der Waals surface area contributed by atoms with Crippen molar-refractivity contribution in [3.8, 4) is 5.75 Å². The third-order valence-electron chi connectivity index (χ3n) is 3.24. The minimum Gasteiger partial charge on any atom is -0.497 e. The number of nitrogens with one attached hydrogen (secondary N) is 1. The van der Waals surface area contributed by atoms with Gasteiger partial charge >= 0.3 is 0 Å². The number of aliphatic hydroxyl groups excluding tert-OH is 1. The standard InChI is InChI=1S/C16H20N2O3/c1-3-15(19)12-8-9-18(10-12)11-16(20)17-13-4-6-14(21-2)7-5-13/h4-10,15,19H,3,11H2,1-2H3,(H,17,20). The molecule has 0 aliphatic carbocycles. The van der Waals surface area contributed by atoms with Crippen LogP contribution in [0.1, 0.15) is 25.0 Å². The Balaban J connectivity index is 1.93. The molecule has 2 rings (SSSR count). The van der Waals surface area contributed by atoms with Gasteiger partial charge in [-0.1, -0.05) is 6.92 Å². The molecular weight excluding hydrogens is 268 g/mol. The van der Waals surface area contributed by atoms with E-state index in [1.54, 1.807) is 48.3 Å². The van der Waals surface area contributed by atoms with Gasteiger partial charge in [-0.05, 0) is 42.3 Å². The summed E-state index contributed by atoms with van der Waals surface area (Å²) >= 11 is 0. The zero-order valence-electron chi connectivity index (χ0n) is 12.2. The third-order valence-corrected chi connectivity index (χ3v) is 3.24.